The quantitative estimate of drug-likeness (QED) is 0.530. The molecule has 8 heteroatoms. The molecule has 0 bridgehead atoms. The van der Waals surface area contributed by atoms with Crippen LogP contribution in [0.1, 0.15) is 21.8 Å². The number of rotatable bonds is 6. The minimum Gasteiger partial charge on any atom is -0.326 e. The third-order valence-electron chi connectivity index (χ3n) is 4.31. The van der Waals surface area contributed by atoms with Gasteiger partial charge in [0.2, 0.25) is 11.7 Å². The van der Waals surface area contributed by atoms with E-state index in [4.69, 9.17) is 0 Å². The van der Waals surface area contributed by atoms with E-state index >= 15 is 0 Å². The van der Waals surface area contributed by atoms with Crippen LogP contribution in [0.25, 0.3) is 11.4 Å². The van der Waals surface area contributed by atoms with Crippen molar-refractivity contribution >= 4 is 22.9 Å². The van der Waals surface area contributed by atoms with Crippen molar-refractivity contribution in [3.8, 4) is 11.4 Å². The molecule has 0 unspecified atom stereocenters. The Morgan fingerprint density at radius 2 is 1.72 bits per heavy atom. The number of benzene rings is 2. The highest BCUT2D eigenvalue weighted by molar-refractivity contribution is 7.09. The topological polar surface area (TPSA) is 85.6 Å². The van der Waals surface area contributed by atoms with Crippen molar-refractivity contribution in [1.82, 2.24) is 25.2 Å². The summed E-state index contributed by atoms with van der Waals surface area (Å²) in [5.74, 6) is 0.494. The molecular formula is C21H20N6OS. The van der Waals surface area contributed by atoms with Crippen molar-refractivity contribution in [3.05, 3.63) is 75.7 Å². The lowest BCUT2D eigenvalue weighted by Crippen LogP contribution is -2.14. The number of hydrogen-bond acceptors (Lipinski definition) is 6. The van der Waals surface area contributed by atoms with Gasteiger partial charge in [0, 0.05) is 16.6 Å². The Balaban J connectivity index is 1.36. The van der Waals surface area contributed by atoms with E-state index in [0.717, 1.165) is 27.5 Å². The summed E-state index contributed by atoms with van der Waals surface area (Å²) in [5.41, 5.74) is 4.85. The average Bonchev–Trinajstić information content (AvgIpc) is 3.34. The van der Waals surface area contributed by atoms with E-state index in [1.54, 1.807) is 0 Å². The number of hydrogen-bond donors (Lipinski definition) is 1. The van der Waals surface area contributed by atoms with Crippen LogP contribution >= 0.6 is 11.3 Å². The van der Waals surface area contributed by atoms with Gasteiger partial charge in [-0.15, -0.1) is 21.5 Å². The highest BCUT2D eigenvalue weighted by atomic mass is 32.1. The van der Waals surface area contributed by atoms with E-state index in [9.17, 15) is 4.79 Å². The molecule has 146 valence electrons. The van der Waals surface area contributed by atoms with Crippen molar-refractivity contribution in [2.45, 2.75) is 26.8 Å². The van der Waals surface area contributed by atoms with Gasteiger partial charge in [-0.25, -0.2) is 4.98 Å². The smallest absolute Gasteiger partial charge is 0.231 e. The molecule has 4 rings (SSSR count). The Morgan fingerprint density at radius 3 is 2.45 bits per heavy atom. The Bertz CT molecular complexity index is 1110. The SMILES string of the molecule is Cc1ccc(NC(=O)Cc2nc(Cn3nnc(-c4ccc(C)cc4)n3)cs2)cc1. The molecule has 29 heavy (non-hydrogen) atoms. The molecule has 2 aromatic heterocycles. The Kier molecular flexibility index (Phi) is 5.44. The van der Waals surface area contributed by atoms with Crippen LogP contribution in [0.3, 0.4) is 0 Å². The molecule has 0 saturated heterocycles. The van der Waals surface area contributed by atoms with Gasteiger partial charge in [0.25, 0.3) is 0 Å². The Hall–Kier alpha value is -3.39. The van der Waals surface area contributed by atoms with Crippen molar-refractivity contribution in [2.24, 2.45) is 0 Å². The second kappa shape index (κ2) is 8.32. The Labute approximate surface area is 172 Å². The predicted octanol–water partition coefficient (Wildman–Crippen LogP) is 3.64. The van der Waals surface area contributed by atoms with Crippen LogP contribution < -0.4 is 5.32 Å². The lowest BCUT2D eigenvalue weighted by Gasteiger charge is -2.04. The van der Waals surface area contributed by atoms with Gasteiger partial charge in [0.15, 0.2) is 0 Å². The summed E-state index contributed by atoms with van der Waals surface area (Å²) >= 11 is 1.45. The summed E-state index contributed by atoms with van der Waals surface area (Å²) < 4.78 is 0. The van der Waals surface area contributed by atoms with Crippen LogP contribution in [0.15, 0.2) is 53.9 Å². The molecule has 2 aromatic carbocycles. The normalized spacial score (nSPS) is 10.8. The first-order chi connectivity index (χ1) is 14.0. The molecule has 0 spiro atoms. The molecule has 0 radical (unpaired) electrons. The van der Waals surface area contributed by atoms with Gasteiger partial charge in [0.05, 0.1) is 12.1 Å². The zero-order valence-corrected chi connectivity index (χ0v) is 17.0. The van der Waals surface area contributed by atoms with Gasteiger partial charge in [0.1, 0.15) is 11.6 Å². The second-order valence-electron chi connectivity index (χ2n) is 6.83. The summed E-state index contributed by atoms with van der Waals surface area (Å²) in [6, 6.07) is 15.7. The number of nitrogens with zero attached hydrogens (tertiary/aromatic N) is 5. The summed E-state index contributed by atoms with van der Waals surface area (Å²) in [5, 5.41) is 18.2. The third-order valence-corrected chi connectivity index (χ3v) is 5.21. The summed E-state index contributed by atoms with van der Waals surface area (Å²) in [7, 11) is 0. The molecule has 2 heterocycles. The van der Waals surface area contributed by atoms with Crippen molar-refractivity contribution in [3.63, 3.8) is 0 Å². The number of nitrogens with one attached hydrogen (secondary N) is 1. The number of tetrazole rings is 1. The predicted molar refractivity (Wildman–Crippen MR) is 113 cm³/mol. The number of anilines is 1. The van der Waals surface area contributed by atoms with E-state index < -0.39 is 0 Å². The zero-order chi connectivity index (χ0) is 20.2. The number of aryl methyl sites for hydroxylation is 2. The minimum atomic E-state index is -0.0877. The van der Waals surface area contributed by atoms with Crippen molar-refractivity contribution in [1.29, 1.82) is 0 Å². The molecule has 1 N–H and O–H groups in total. The fraction of sp³-hybridized carbons (Fsp3) is 0.190. The summed E-state index contributed by atoms with van der Waals surface area (Å²) in [6.45, 7) is 4.46. The molecule has 7 nitrogen and oxygen atoms in total. The van der Waals surface area contributed by atoms with Gasteiger partial charge in [-0.1, -0.05) is 47.5 Å². The third kappa shape index (κ3) is 4.91. The van der Waals surface area contributed by atoms with Gasteiger partial charge < -0.3 is 5.32 Å². The lowest BCUT2D eigenvalue weighted by atomic mass is 10.1. The van der Waals surface area contributed by atoms with Crippen LogP contribution in [0, 0.1) is 13.8 Å². The van der Waals surface area contributed by atoms with Crippen LogP contribution in [-0.2, 0) is 17.8 Å². The van der Waals surface area contributed by atoms with Crippen molar-refractivity contribution in [2.75, 3.05) is 5.32 Å². The fourth-order valence-corrected chi connectivity index (χ4v) is 3.54. The second-order valence-corrected chi connectivity index (χ2v) is 7.78. The zero-order valence-electron chi connectivity index (χ0n) is 16.2. The largest absolute Gasteiger partial charge is 0.326 e. The molecule has 0 atom stereocenters. The van der Waals surface area contributed by atoms with Crippen molar-refractivity contribution < 1.29 is 4.79 Å². The summed E-state index contributed by atoms with van der Waals surface area (Å²) in [4.78, 5) is 18.3. The highest BCUT2D eigenvalue weighted by Gasteiger charge is 2.11. The van der Waals surface area contributed by atoms with E-state index in [2.05, 4.69) is 25.7 Å². The van der Waals surface area contributed by atoms with Crippen LogP contribution in [0.2, 0.25) is 0 Å². The van der Waals surface area contributed by atoms with Gasteiger partial charge >= 0.3 is 0 Å². The number of amides is 1. The van der Waals surface area contributed by atoms with Gasteiger partial charge in [-0.3, -0.25) is 4.79 Å². The molecule has 1 amide bonds. The van der Waals surface area contributed by atoms with Crippen LogP contribution in [0.4, 0.5) is 5.69 Å². The lowest BCUT2D eigenvalue weighted by molar-refractivity contribution is -0.115. The van der Waals surface area contributed by atoms with E-state index in [-0.39, 0.29) is 12.3 Å². The monoisotopic (exact) mass is 404 g/mol. The molecule has 0 saturated carbocycles. The first kappa shape index (κ1) is 18.9. The highest BCUT2D eigenvalue weighted by Crippen LogP contribution is 2.16. The molecule has 0 aliphatic heterocycles. The standard InChI is InChI=1S/C21H20N6OS/c1-14-3-7-16(8-4-14)21-24-26-27(25-21)12-18-13-29-20(23-18)11-19(28)22-17-9-5-15(2)6-10-17/h3-10,13H,11-12H2,1-2H3,(H,22,28). The molecular weight excluding hydrogens is 384 g/mol. The maximum absolute atomic E-state index is 12.2. The van der Waals surface area contributed by atoms with E-state index in [1.807, 2.05) is 67.8 Å². The number of thiazole rings is 1. The molecule has 0 aliphatic rings. The maximum Gasteiger partial charge on any atom is 0.231 e. The van der Waals surface area contributed by atoms with Gasteiger partial charge in [-0.05, 0) is 31.2 Å². The minimum absolute atomic E-state index is 0.0877. The van der Waals surface area contributed by atoms with Crippen LogP contribution in [-0.4, -0.2) is 31.1 Å². The Morgan fingerprint density at radius 1 is 1.03 bits per heavy atom. The fourth-order valence-electron chi connectivity index (χ4n) is 2.76. The maximum atomic E-state index is 12.2. The molecule has 0 fully saturated rings. The van der Waals surface area contributed by atoms with Crippen LogP contribution in [0.5, 0.6) is 0 Å². The number of aromatic nitrogens is 5. The number of carbonyl (C=O) groups excluding carboxylic acids is 1. The van der Waals surface area contributed by atoms with E-state index in [1.165, 1.54) is 21.7 Å². The van der Waals surface area contributed by atoms with E-state index in [0.29, 0.717) is 12.4 Å². The number of carbonyl (C=O) groups is 1. The molecule has 0 aliphatic carbocycles. The first-order valence-corrected chi connectivity index (χ1v) is 10.1. The van der Waals surface area contributed by atoms with Gasteiger partial charge in [-0.2, -0.15) is 4.80 Å². The summed E-state index contributed by atoms with van der Waals surface area (Å²) in [6.07, 6.45) is 0.234. The average molecular weight is 404 g/mol. The molecule has 4 aromatic rings. The first-order valence-electron chi connectivity index (χ1n) is 9.20.